The Kier molecular flexibility index (Phi) is 6.39. The van der Waals surface area contributed by atoms with Gasteiger partial charge in [0.25, 0.3) is 0 Å². The van der Waals surface area contributed by atoms with Gasteiger partial charge in [0.1, 0.15) is 6.29 Å². The van der Waals surface area contributed by atoms with E-state index in [0.29, 0.717) is 6.42 Å². The van der Waals surface area contributed by atoms with E-state index in [4.69, 9.17) is 0 Å². The Balaban J connectivity index is 2.62. The first-order valence-corrected chi connectivity index (χ1v) is 3.17. The molecule has 0 atom stereocenters. The maximum absolute atomic E-state index is 9.74. The third-order valence-electron chi connectivity index (χ3n) is 1.02. The topological polar surface area (TPSA) is 17.1 Å². The number of carbonyl (C=O) groups is 1. The standard InChI is InChI=1S/C7H13O/c1-2-3-4-5-6-7-8/h5,7H,2-4,6H2,1H3. The Bertz CT molecular complexity index is 50.3. The zero-order chi connectivity index (χ0) is 6.24. The largest absolute Gasteiger partial charge is 0.303 e. The van der Waals surface area contributed by atoms with Gasteiger partial charge in [0.15, 0.2) is 0 Å². The lowest BCUT2D eigenvalue weighted by atomic mass is 10.2. The summed E-state index contributed by atoms with van der Waals surface area (Å²) in [5, 5.41) is 0. The van der Waals surface area contributed by atoms with Crippen LogP contribution in [0.5, 0.6) is 0 Å². The Morgan fingerprint density at radius 3 is 2.75 bits per heavy atom. The molecular weight excluding hydrogens is 100 g/mol. The van der Waals surface area contributed by atoms with Gasteiger partial charge < -0.3 is 4.79 Å². The van der Waals surface area contributed by atoms with Crippen LogP contribution in [-0.2, 0) is 4.79 Å². The Morgan fingerprint density at radius 2 is 2.25 bits per heavy atom. The van der Waals surface area contributed by atoms with Gasteiger partial charge in [-0.1, -0.05) is 19.8 Å². The van der Waals surface area contributed by atoms with Crippen LogP contribution in [0.4, 0.5) is 0 Å². The molecule has 1 nitrogen and oxygen atoms in total. The van der Waals surface area contributed by atoms with E-state index in [9.17, 15) is 4.79 Å². The SMILES string of the molecule is CCCC[CH]CC=O. The summed E-state index contributed by atoms with van der Waals surface area (Å²) in [5.41, 5.74) is 0. The normalized spacial score (nSPS) is 9.12. The fraction of sp³-hybridized carbons (Fsp3) is 0.714. The van der Waals surface area contributed by atoms with Crippen molar-refractivity contribution in [1.29, 1.82) is 0 Å². The predicted octanol–water partition coefficient (Wildman–Crippen LogP) is 1.97. The maximum atomic E-state index is 9.74. The second-order valence-electron chi connectivity index (χ2n) is 1.83. The van der Waals surface area contributed by atoms with E-state index in [2.05, 4.69) is 6.92 Å². The molecule has 0 aliphatic heterocycles. The van der Waals surface area contributed by atoms with Crippen molar-refractivity contribution < 1.29 is 4.79 Å². The van der Waals surface area contributed by atoms with Crippen LogP contribution in [0.25, 0.3) is 0 Å². The highest BCUT2D eigenvalue weighted by atomic mass is 16.1. The van der Waals surface area contributed by atoms with Crippen molar-refractivity contribution in [2.45, 2.75) is 32.6 Å². The average Bonchev–Trinajstić information content (AvgIpc) is 1.81. The molecular formula is C7H13O. The van der Waals surface area contributed by atoms with Gasteiger partial charge in [-0.15, -0.1) is 0 Å². The second kappa shape index (κ2) is 6.67. The van der Waals surface area contributed by atoms with Crippen LogP contribution >= 0.6 is 0 Å². The zero-order valence-corrected chi connectivity index (χ0v) is 5.39. The molecule has 0 rings (SSSR count). The van der Waals surface area contributed by atoms with E-state index in [-0.39, 0.29) is 0 Å². The molecule has 0 aliphatic rings. The van der Waals surface area contributed by atoms with Gasteiger partial charge in [-0.25, -0.2) is 0 Å². The van der Waals surface area contributed by atoms with Gasteiger partial charge in [0.2, 0.25) is 0 Å². The molecule has 0 unspecified atom stereocenters. The van der Waals surface area contributed by atoms with Gasteiger partial charge in [0, 0.05) is 6.42 Å². The molecule has 0 N–H and O–H groups in total. The van der Waals surface area contributed by atoms with Crippen LogP contribution in [0.3, 0.4) is 0 Å². The molecule has 0 aromatic rings. The molecule has 0 aliphatic carbocycles. The minimum absolute atomic E-state index is 0.625. The second-order valence-corrected chi connectivity index (χ2v) is 1.83. The summed E-state index contributed by atoms with van der Waals surface area (Å²) in [4.78, 5) is 9.74. The number of carbonyl (C=O) groups excluding carboxylic acids is 1. The fourth-order valence-electron chi connectivity index (χ4n) is 0.534. The summed E-state index contributed by atoms with van der Waals surface area (Å²) < 4.78 is 0. The lowest BCUT2D eigenvalue weighted by Crippen LogP contribution is -1.77. The van der Waals surface area contributed by atoms with E-state index in [1.165, 1.54) is 12.8 Å². The maximum Gasteiger partial charge on any atom is 0.120 e. The van der Waals surface area contributed by atoms with Crippen LogP contribution in [0.1, 0.15) is 32.6 Å². The van der Waals surface area contributed by atoms with Crippen LogP contribution in [0.15, 0.2) is 0 Å². The number of unbranched alkanes of at least 4 members (excludes halogenated alkanes) is 4. The highest BCUT2D eigenvalue weighted by molar-refractivity contribution is 5.50. The van der Waals surface area contributed by atoms with E-state index < -0.39 is 0 Å². The van der Waals surface area contributed by atoms with E-state index in [1.807, 2.05) is 6.42 Å². The van der Waals surface area contributed by atoms with Gasteiger partial charge >= 0.3 is 0 Å². The van der Waals surface area contributed by atoms with Gasteiger partial charge in [-0.3, -0.25) is 0 Å². The molecule has 0 saturated carbocycles. The van der Waals surface area contributed by atoms with Gasteiger partial charge in [-0.2, -0.15) is 0 Å². The van der Waals surface area contributed by atoms with E-state index in [1.54, 1.807) is 0 Å². The Morgan fingerprint density at radius 1 is 1.50 bits per heavy atom. The molecule has 0 heterocycles. The van der Waals surface area contributed by atoms with E-state index >= 15 is 0 Å². The smallest absolute Gasteiger partial charge is 0.120 e. The van der Waals surface area contributed by atoms with Gasteiger partial charge in [-0.05, 0) is 12.8 Å². The molecule has 1 heteroatoms. The Hall–Kier alpha value is -0.330. The number of hydrogen-bond donors (Lipinski definition) is 0. The molecule has 0 saturated heterocycles. The summed E-state index contributed by atoms with van der Waals surface area (Å²) in [6.07, 6.45) is 7.12. The van der Waals surface area contributed by atoms with Crippen molar-refractivity contribution in [3.05, 3.63) is 6.42 Å². The van der Waals surface area contributed by atoms with E-state index in [0.717, 1.165) is 12.7 Å². The lowest BCUT2D eigenvalue weighted by Gasteiger charge is -1.89. The average molecular weight is 113 g/mol. The summed E-state index contributed by atoms with van der Waals surface area (Å²) in [6.45, 7) is 2.15. The molecule has 0 aromatic heterocycles. The molecule has 47 valence electrons. The van der Waals surface area contributed by atoms with Crippen LogP contribution < -0.4 is 0 Å². The third kappa shape index (κ3) is 5.67. The minimum atomic E-state index is 0.625. The molecule has 0 amide bonds. The fourth-order valence-corrected chi connectivity index (χ4v) is 0.534. The van der Waals surface area contributed by atoms with Crippen molar-refractivity contribution in [3.8, 4) is 0 Å². The van der Waals surface area contributed by atoms with Crippen molar-refractivity contribution in [1.82, 2.24) is 0 Å². The number of aldehydes is 1. The lowest BCUT2D eigenvalue weighted by molar-refractivity contribution is -0.107. The van der Waals surface area contributed by atoms with Crippen molar-refractivity contribution in [2.24, 2.45) is 0 Å². The van der Waals surface area contributed by atoms with Crippen molar-refractivity contribution in [2.75, 3.05) is 0 Å². The predicted molar refractivity (Wildman–Crippen MR) is 34.5 cm³/mol. The molecule has 1 radical (unpaired) electrons. The first-order valence-electron chi connectivity index (χ1n) is 3.17. The first kappa shape index (κ1) is 7.67. The molecule has 0 bridgehead atoms. The highest BCUT2D eigenvalue weighted by Crippen LogP contribution is 1.98. The summed E-state index contributed by atoms with van der Waals surface area (Å²) in [5.74, 6) is 0. The van der Waals surface area contributed by atoms with Crippen molar-refractivity contribution >= 4 is 6.29 Å². The number of rotatable bonds is 5. The molecule has 0 spiro atoms. The number of hydrogen-bond acceptors (Lipinski definition) is 1. The van der Waals surface area contributed by atoms with Crippen LogP contribution in [-0.4, -0.2) is 6.29 Å². The molecule has 0 aromatic carbocycles. The quantitative estimate of drug-likeness (QED) is 0.393. The third-order valence-corrected chi connectivity index (χ3v) is 1.02. The Labute approximate surface area is 51.1 Å². The minimum Gasteiger partial charge on any atom is -0.303 e. The zero-order valence-electron chi connectivity index (χ0n) is 5.39. The summed E-state index contributed by atoms with van der Waals surface area (Å²) >= 11 is 0. The van der Waals surface area contributed by atoms with Crippen molar-refractivity contribution in [3.63, 3.8) is 0 Å². The van der Waals surface area contributed by atoms with Crippen LogP contribution in [0.2, 0.25) is 0 Å². The summed E-state index contributed by atoms with van der Waals surface area (Å²) in [7, 11) is 0. The first-order chi connectivity index (χ1) is 3.91. The highest BCUT2D eigenvalue weighted by Gasteiger charge is 1.83. The van der Waals surface area contributed by atoms with Crippen LogP contribution in [0, 0.1) is 6.42 Å². The molecule has 0 fully saturated rings. The van der Waals surface area contributed by atoms with Gasteiger partial charge in [0.05, 0.1) is 0 Å². The monoisotopic (exact) mass is 113 g/mol. The molecule has 8 heavy (non-hydrogen) atoms. The summed E-state index contributed by atoms with van der Waals surface area (Å²) in [6, 6.07) is 0.